The topological polar surface area (TPSA) is 96.9 Å². The van der Waals surface area contributed by atoms with Gasteiger partial charge in [-0.05, 0) is 36.4 Å². The molecule has 0 unspecified atom stereocenters. The molecule has 1 fully saturated rings. The molecule has 5 rings (SSSR count). The summed E-state index contributed by atoms with van der Waals surface area (Å²) in [6, 6.07) is 18.3. The first kappa shape index (κ1) is 22.2. The van der Waals surface area contributed by atoms with Gasteiger partial charge in [-0.3, -0.25) is 4.79 Å². The highest BCUT2D eigenvalue weighted by atomic mass is 35.5. The number of anilines is 1. The van der Waals surface area contributed by atoms with Crippen LogP contribution in [0.4, 0.5) is 5.88 Å². The molecule has 1 aliphatic heterocycles. The number of nitrogens with zero attached hydrogens (tertiary/aromatic N) is 3. The molecule has 4 aromatic rings. The Bertz CT molecular complexity index is 1410. The summed E-state index contributed by atoms with van der Waals surface area (Å²) in [5.74, 6) is 0.297. The van der Waals surface area contributed by atoms with E-state index in [4.69, 9.17) is 20.4 Å². The monoisotopic (exact) mass is 497 g/mol. The van der Waals surface area contributed by atoms with E-state index in [1.165, 1.54) is 18.4 Å². The number of piperazine rings is 1. The number of carbonyl (C=O) groups excluding carboxylic acids is 1. The quantitative estimate of drug-likeness (QED) is 0.403. The summed E-state index contributed by atoms with van der Waals surface area (Å²) < 4.78 is 38.2. The Labute approximate surface area is 201 Å². The molecule has 2 aromatic carbocycles. The fraction of sp³-hybridized carbons (Fsp3) is 0.167. The first-order chi connectivity index (χ1) is 16.4. The lowest BCUT2D eigenvalue weighted by molar-refractivity contribution is 0.0713. The average Bonchev–Trinajstić information content (AvgIpc) is 3.56. The van der Waals surface area contributed by atoms with Crippen LogP contribution in [0.25, 0.3) is 11.5 Å². The highest BCUT2D eigenvalue weighted by Gasteiger charge is 2.34. The molecule has 0 spiro atoms. The zero-order chi connectivity index (χ0) is 23.7. The van der Waals surface area contributed by atoms with Gasteiger partial charge < -0.3 is 18.6 Å². The molecule has 2 aromatic heterocycles. The first-order valence-electron chi connectivity index (χ1n) is 10.6. The summed E-state index contributed by atoms with van der Waals surface area (Å²) in [6.07, 6.45) is 1.45. The number of hydrogen-bond acceptors (Lipinski definition) is 7. The molecule has 0 saturated carbocycles. The highest BCUT2D eigenvalue weighted by molar-refractivity contribution is 7.91. The molecule has 0 N–H and O–H groups in total. The lowest BCUT2D eigenvalue weighted by Crippen LogP contribution is -2.49. The molecule has 0 atom stereocenters. The second kappa shape index (κ2) is 9.00. The smallest absolute Gasteiger partial charge is 0.289 e. The molecule has 1 aliphatic rings. The van der Waals surface area contributed by atoms with Crippen LogP contribution >= 0.6 is 11.6 Å². The third kappa shape index (κ3) is 4.08. The minimum absolute atomic E-state index is 0.113. The van der Waals surface area contributed by atoms with Gasteiger partial charge in [0, 0.05) is 26.2 Å². The molecule has 10 heteroatoms. The van der Waals surface area contributed by atoms with Crippen LogP contribution in [0.15, 0.2) is 91.7 Å². The lowest BCUT2D eigenvalue weighted by Gasteiger charge is -2.34. The van der Waals surface area contributed by atoms with Gasteiger partial charge in [0.05, 0.1) is 21.7 Å². The Hall–Kier alpha value is -3.56. The van der Waals surface area contributed by atoms with Gasteiger partial charge in [-0.2, -0.15) is 4.98 Å². The Morgan fingerprint density at radius 2 is 1.62 bits per heavy atom. The van der Waals surface area contributed by atoms with E-state index < -0.39 is 9.84 Å². The average molecular weight is 498 g/mol. The molecule has 1 saturated heterocycles. The van der Waals surface area contributed by atoms with E-state index in [0.717, 1.165) is 0 Å². The van der Waals surface area contributed by atoms with Crippen LogP contribution in [0.5, 0.6) is 0 Å². The van der Waals surface area contributed by atoms with Crippen molar-refractivity contribution >= 4 is 33.2 Å². The molecular formula is C24H20ClN3O5S. The SMILES string of the molecule is O=C(c1ccco1)N1CCN(c2oc(-c3ccccc3Cl)nc2S(=O)(=O)c2ccccc2)CC1. The van der Waals surface area contributed by atoms with Crippen molar-refractivity contribution in [3.63, 3.8) is 0 Å². The second-order valence-corrected chi connectivity index (χ2v) is 9.95. The predicted octanol–water partition coefficient (Wildman–Crippen LogP) is 4.38. The fourth-order valence-electron chi connectivity index (χ4n) is 3.80. The van der Waals surface area contributed by atoms with E-state index in [2.05, 4.69) is 4.98 Å². The Morgan fingerprint density at radius 1 is 0.912 bits per heavy atom. The second-order valence-electron chi connectivity index (χ2n) is 7.68. The summed E-state index contributed by atoms with van der Waals surface area (Å²) in [4.78, 5) is 20.6. The first-order valence-corrected chi connectivity index (χ1v) is 12.4. The van der Waals surface area contributed by atoms with E-state index in [1.54, 1.807) is 64.4 Å². The third-order valence-corrected chi connectivity index (χ3v) is 7.58. The van der Waals surface area contributed by atoms with Crippen LogP contribution in [0, 0.1) is 0 Å². The van der Waals surface area contributed by atoms with Crippen LogP contribution in [0.3, 0.4) is 0 Å². The molecule has 34 heavy (non-hydrogen) atoms. The van der Waals surface area contributed by atoms with Crippen molar-refractivity contribution in [1.82, 2.24) is 9.88 Å². The van der Waals surface area contributed by atoms with Gasteiger partial charge in [-0.25, -0.2) is 8.42 Å². The third-order valence-electron chi connectivity index (χ3n) is 5.58. The van der Waals surface area contributed by atoms with E-state index in [0.29, 0.717) is 36.8 Å². The molecule has 0 radical (unpaired) electrons. The maximum Gasteiger partial charge on any atom is 0.289 e. The van der Waals surface area contributed by atoms with Gasteiger partial charge in [0.25, 0.3) is 5.91 Å². The molecular weight excluding hydrogens is 478 g/mol. The van der Waals surface area contributed by atoms with Crippen LogP contribution in [-0.4, -0.2) is 50.4 Å². The predicted molar refractivity (Wildman–Crippen MR) is 126 cm³/mol. The number of halogens is 1. The zero-order valence-electron chi connectivity index (χ0n) is 17.9. The maximum atomic E-state index is 13.5. The van der Waals surface area contributed by atoms with Gasteiger partial charge in [-0.1, -0.05) is 41.9 Å². The van der Waals surface area contributed by atoms with Crippen molar-refractivity contribution in [2.24, 2.45) is 0 Å². The summed E-state index contributed by atoms with van der Waals surface area (Å²) in [5.41, 5.74) is 0.492. The van der Waals surface area contributed by atoms with E-state index in [9.17, 15) is 13.2 Å². The Kier molecular flexibility index (Phi) is 5.89. The number of sulfone groups is 1. The summed E-state index contributed by atoms with van der Waals surface area (Å²) in [7, 11) is -3.97. The van der Waals surface area contributed by atoms with Crippen molar-refractivity contribution in [2.45, 2.75) is 9.92 Å². The largest absolute Gasteiger partial charge is 0.459 e. The molecule has 0 aliphatic carbocycles. The number of rotatable bonds is 5. The number of carbonyl (C=O) groups is 1. The van der Waals surface area contributed by atoms with Crippen LogP contribution in [0.1, 0.15) is 10.6 Å². The van der Waals surface area contributed by atoms with Crippen molar-refractivity contribution in [3.8, 4) is 11.5 Å². The minimum atomic E-state index is -3.97. The van der Waals surface area contributed by atoms with Crippen LogP contribution in [-0.2, 0) is 9.84 Å². The Balaban J connectivity index is 1.50. The molecule has 8 nitrogen and oxygen atoms in total. The van der Waals surface area contributed by atoms with Crippen LogP contribution < -0.4 is 4.90 Å². The number of furan rings is 1. The van der Waals surface area contributed by atoms with E-state index in [1.807, 2.05) is 0 Å². The number of amides is 1. The zero-order valence-corrected chi connectivity index (χ0v) is 19.5. The van der Waals surface area contributed by atoms with Crippen molar-refractivity contribution in [3.05, 3.63) is 83.8 Å². The lowest BCUT2D eigenvalue weighted by atomic mass is 10.2. The Morgan fingerprint density at radius 3 is 2.29 bits per heavy atom. The van der Waals surface area contributed by atoms with Gasteiger partial charge in [0.1, 0.15) is 0 Å². The van der Waals surface area contributed by atoms with Crippen molar-refractivity contribution < 1.29 is 22.0 Å². The van der Waals surface area contributed by atoms with Crippen LogP contribution in [0.2, 0.25) is 5.02 Å². The number of benzene rings is 2. The molecule has 0 bridgehead atoms. The number of hydrogen-bond donors (Lipinski definition) is 0. The van der Waals surface area contributed by atoms with E-state index >= 15 is 0 Å². The summed E-state index contributed by atoms with van der Waals surface area (Å²) in [6.45, 7) is 1.46. The van der Waals surface area contributed by atoms with Gasteiger partial charge in [0.15, 0.2) is 5.76 Å². The summed E-state index contributed by atoms with van der Waals surface area (Å²) in [5, 5.41) is 0.215. The maximum absolute atomic E-state index is 13.5. The molecule has 3 heterocycles. The van der Waals surface area contributed by atoms with Gasteiger partial charge in [-0.15, -0.1) is 0 Å². The highest BCUT2D eigenvalue weighted by Crippen LogP contribution is 2.37. The van der Waals surface area contributed by atoms with Crippen molar-refractivity contribution in [1.29, 1.82) is 0 Å². The number of oxazole rings is 1. The molecule has 1 amide bonds. The number of aromatic nitrogens is 1. The molecule has 174 valence electrons. The van der Waals surface area contributed by atoms with Gasteiger partial charge in [0.2, 0.25) is 26.6 Å². The van der Waals surface area contributed by atoms with E-state index in [-0.39, 0.29) is 33.4 Å². The standard InChI is InChI=1S/C24H20ClN3O5S/c25-19-10-5-4-9-18(19)21-26-22(34(30,31)17-7-2-1-3-8-17)24(33-21)28-14-12-27(13-15-28)23(29)20-11-6-16-32-20/h1-11,16H,12-15H2. The minimum Gasteiger partial charge on any atom is -0.459 e. The summed E-state index contributed by atoms with van der Waals surface area (Å²) >= 11 is 6.32. The fourth-order valence-corrected chi connectivity index (χ4v) is 5.36. The van der Waals surface area contributed by atoms with Gasteiger partial charge >= 0.3 is 0 Å². The van der Waals surface area contributed by atoms with Crippen molar-refractivity contribution in [2.75, 3.05) is 31.1 Å². The normalized spacial score (nSPS) is 14.4.